The molecule has 31 heteroatoms. The van der Waals surface area contributed by atoms with Crippen LogP contribution < -0.4 is 32.9 Å². The highest BCUT2D eigenvalue weighted by Gasteiger charge is 2.46. The molecular formula is C54H46N14O11S6. The first-order chi connectivity index (χ1) is 40.8. The molecule has 0 unspecified atom stereocenters. The Labute approximate surface area is 504 Å². The van der Waals surface area contributed by atoms with E-state index in [9.17, 15) is 44.1 Å². The number of rotatable bonds is 10. The van der Waals surface area contributed by atoms with Crippen LogP contribution in [0.3, 0.4) is 0 Å². The van der Waals surface area contributed by atoms with Crippen LogP contribution in [0.15, 0.2) is 93.6 Å². The Balaban J connectivity index is 1.03. The normalized spacial score (nSPS) is 19.5. The maximum Gasteiger partial charge on any atom is 0.428 e. The third-order valence-electron chi connectivity index (χ3n) is 13.7. The van der Waals surface area contributed by atoms with Crippen molar-refractivity contribution in [1.82, 2.24) is 61.2 Å². The van der Waals surface area contributed by atoms with Crippen molar-refractivity contribution in [3.05, 3.63) is 147 Å². The number of aryl methyl sites for hydroxylation is 1. The van der Waals surface area contributed by atoms with Crippen LogP contribution in [0.1, 0.15) is 111 Å². The van der Waals surface area contributed by atoms with Gasteiger partial charge in [-0.3, -0.25) is 33.6 Å². The molecule has 2 aliphatic heterocycles. The molecule has 0 radical (unpaired) electrons. The van der Waals surface area contributed by atoms with Gasteiger partial charge in [0.05, 0.1) is 30.3 Å². The average molecular weight is 1260 g/mol. The van der Waals surface area contributed by atoms with E-state index in [1.54, 1.807) is 79.2 Å². The number of primary amides is 2. The number of hydrogen-bond acceptors (Lipinski definition) is 23. The van der Waals surface area contributed by atoms with E-state index in [1.165, 1.54) is 55.8 Å². The summed E-state index contributed by atoms with van der Waals surface area (Å²) in [6.45, 7) is 3.27. The largest absolute Gasteiger partial charge is 0.508 e. The summed E-state index contributed by atoms with van der Waals surface area (Å²) in [6, 6.07) is 13.2. The fraction of sp³-hybridized carbons (Fsp3) is 0.222. The van der Waals surface area contributed by atoms with Crippen molar-refractivity contribution in [2.24, 2.45) is 17.4 Å². The first kappa shape index (κ1) is 58.0. The number of aromatic hydroxyl groups is 1. The van der Waals surface area contributed by atoms with Crippen LogP contribution >= 0.6 is 68.0 Å². The molecule has 1 saturated heterocycles. The van der Waals surface area contributed by atoms with Gasteiger partial charge >= 0.3 is 6.09 Å². The Hall–Kier alpha value is -8.82. The molecule has 9 aromatic rings. The van der Waals surface area contributed by atoms with Gasteiger partial charge in [0.1, 0.15) is 93.8 Å². The number of aliphatic hydroxyl groups excluding tert-OH is 1. The van der Waals surface area contributed by atoms with E-state index < -0.39 is 90.3 Å². The van der Waals surface area contributed by atoms with E-state index >= 15 is 4.79 Å². The second-order valence-electron chi connectivity index (χ2n) is 19.4. The molecule has 7 amide bonds. The molecule has 11 N–H and O–H groups in total. The van der Waals surface area contributed by atoms with Crippen molar-refractivity contribution in [3.8, 4) is 49.1 Å². The first-order valence-corrected chi connectivity index (χ1v) is 30.8. The third kappa shape index (κ3) is 12.4. The monoisotopic (exact) mass is 1260 g/mol. The number of nitrogens with one attached hydrogen (secondary N) is 4. The minimum absolute atomic E-state index is 0.0259. The third-order valence-corrected chi connectivity index (χ3v) is 19.2. The second kappa shape index (κ2) is 24.4. The van der Waals surface area contributed by atoms with Crippen LogP contribution in [0.2, 0.25) is 0 Å². The Bertz CT molecular complexity index is 4050. The van der Waals surface area contributed by atoms with Crippen LogP contribution in [0.5, 0.6) is 5.75 Å². The Morgan fingerprint density at radius 2 is 1.34 bits per heavy atom. The van der Waals surface area contributed by atoms with E-state index in [-0.39, 0.29) is 51.5 Å². The number of benzene rings is 2. The summed E-state index contributed by atoms with van der Waals surface area (Å²) in [6.07, 6.45) is -4.42. The van der Waals surface area contributed by atoms with Gasteiger partial charge in [0, 0.05) is 56.2 Å². The maximum atomic E-state index is 15.2. The predicted octanol–water partition coefficient (Wildman–Crippen LogP) is 6.59. The van der Waals surface area contributed by atoms with Crippen LogP contribution in [0, 0.1) is 12.8 Å². The zero-order valence-corrected chi connectivity index (χ0v) is 49.1. The smallest absolute Gasteiger partial charge is 0.428 e. The van der Waals surface area contributed by atoms with Crippen LogP contribution in [0.25, 0.3) is 43.4 Å². The molecule has 25 nitrogen and oxygen atoms in total. The number of amides is 7. The molecule has 2 aromatic carbocycles. The summed E-state index contributed by atoms with van der Waals surface area (Å²) in [5.74, 6) is -5.00. The number of aromatic nitrogens is 7. The molecule has 2 aliphatic rings. The number of aliphatic hydroxyl groups is 1. The number of nitrogens with two attached hydrogens (primary N) is 2. The van der Waals surface area contributed by atoms with Crippen molar-refractivity contribution >= 4 is 110 Å². The highest BCUT2D eigenvalue weighted by molar-refractivity contribution is 7.15. The summed E-state index contributed by atoms with van der Waals surface area (Å²) in [4.78, 5) is 136. The van der Waals surface area contributed by atoms with E-state index in [4.69, 9.17) is 36.2 Å². The Kier molecular flexibility index (Phi) is 16.6. The van der Waals surface area contributed by atoms with Gasteiger partial charge in [0.2, 0.25) is 11.8 Å². The highest BCUT2D eigenvalue weighted by atomic mass is 32.1. The SMILES string of the molecule is Cc1sc2nc1C(=O)N[C@@H]([C@H](ONC(=O)O)c1ccccc1)c1nc(cs1)C(=O)N[C@H](Cc1ccc(O)cc1)C(=O)N1C[C@H](O)[C@H](C)[C@@H]1c1nc(cs1)-c1nc(cs1)-c1nc(-c3nc(C(N)=O)cs3)ccc1-c1nc(cs1)C(=O)N[C@H]2CC(N)=O. The van der Waals surface area contributed by atoms with Gasteiger partial charge in [-0.25, -0.2) is 39.7 Å². The number of carbonyl (C=O) groups excluding carboxylic acids is 6. The minimum atomic E-state index is -1.56. The number of carboxylic acid groups (broad SMARTS) is 1. The van der Waals surface area contributed by atoms with Gasteiger partial charge < -0.3 is 47.6 Å². The quantitative estimate of drug-likeness (QED) is 0.0651. The molecule has 1 fully saturated rings. The molecule has 0 saturated carbocycles. The van der Waals surface area contributed by atoms with Gasteiger partial charge in [0.15, 0.2) is 0 Å². The number of fused-ring (bicyclic) bond motifs is 16. The Morgan fingerprint density at radius 3 is 2.07 bits per heavy atom. The highest BCUT2D eigenvalue weighted by Crippen LogP contribution is 2.43. The standard InChI is InChI=1S/C54H46N14O11S6/c1-22-36(70)16-68-41(22)52-64-35(21-84-52)49-60-31(17-81-49)39-27(12-13-28(57-39)48-61-32(18-82-48)43(56)72)47-62-33(19-80-47)44(73)58-29(15-37(55)71)50-66-38(23(2)85-50)46(75)65-40(42(79-67-54(77)78)25-6-4-3-5-7-25)51-63-34(20-83-51)45(74)59-30(53(68)76)14-24-8-10-26(69)11-9-24/h3-13,17-22,29-30,36,40-42,67,69-70H,14-16H2,1-2H3,(H2,55,71)(H2,56,72)(H,58,73)(H,59,74)(H,65,75)(H,77,78)/t22-,29-,30+,36-,40-,41+,42+/m0/s1. The molecule has 10 bridgehead atoms. The topological polar surface area (TPSA) is 383 Å². The molecule has 7 atom stereocenters. The summed E-state index contributed by atoms with van der Waals surface area (Å²) >= 11 is 6.71. The molecular weight excluding hydrogens is 1210 g/mol. The molecule has 434 valence electrons. The first-order valence-electron chi connectivity index (χ1n) is 25.6. The fourth-order valence-corrected chi connectivity index (χ4v) is 14.9. The lowest BCUT2D eigenvalue weighted by Crippen LogP contribution is -2.50. The number of hydroxylamine groups is 1. The summed E-state index contributed by atoms with van der Waals surface area (Å²) < 4.78 is 0. The second-order valence-corrected chi connectivity index (χ2v) is 25.0. The summed E-state index contributed by atoms with van der Waals surface area (Å²) in [7, 11) is 0. The summed E-state index contributed by atoms with van der Waals surface area (Å²) in [5.41, 5.74) is 15.8. The van der Waals surface area contributed by atoms with E-state index in [0.29, 0.717) is 64.4 Å². The number of phenolic OH excluding ortho intramolecular Hbond substituents is 1. The lowest BCUT2D eigenvalue weighted by atomic mass is 10.00. The molecule has 85 heavy (non-hydrogen) atoms. The van der Waals surface area contributed by atoms with Gasteiger partial charge in [-0.15, -0.1) is 68.0 Å². The lowest BCUT2D eigenvalue weighted by Gasteiger charge is -2.29. The Morgan fingerprint density at radius 1 is 0.694 bits per heavy atom. The zero-order chi connectivity index (χ0) is 59.8. The average Bonchev–Trinajstić information content (AvgIpc) is 3.46. The summed E-state index contributed by atoms with van der Waals surface area (Å²) in [5, 5.41) is 49.8. The molecule has 11 rings (SSSR count). The molecule has 0 aliphatic carbocycles. The van der Waals surface area contributed by atoms with Crippen molar-refractivity contribution in [2.45, 2.75) is 63.1 Å². The molecule has 0 spiro atoms. The number of pyridine rings is 1. The van der Waals surface area contributed by atoms with Gasteiger partial charge in [-0.05, 0) is 42.3 Å². The number of phenols is 1. The van der Waals surface area contributed by atoms with Gasteiger partial charge in [0.25, 0.3) is 23.6 Å². The number of carbonyl (C=O) groups is 7. The van der Waals surface area contributed by atoms with Crippen LogP contribution in [-0.4, -0.2) is 115 Å². The lowest BCUT2D eigenvalue weighted by molar-refractivity contribution is -0.134. The number of nitrogens with zero attached hydrogens (tertiary/aromatic N) is 8. The van der Waals surface area contributed by atoms with Crippen molar-refractivity contribution < 1.29 is 53.7 Å². The predicted molar refractivity (Wildman–Crippen MR) is 314 cm³/mol. The maximum absolute atomic E-state index is 15.2. The zero-order valence-electron chi connectivity index (χ0n) is 44.2. The van der Waals surface area contributed by atoms with E-state index in [2.05, 4.69) is 30.9 Å². The number of thiazole rings is 6. The van der Waals surface area contributed by atoms with Crippen molar-refractivity contribution in [1.29, 1.82) is 0 Å². The van der Waals surface area contributed by atoms with E-state index in [1.807, 2.05) is 5.48 Å². The molecule has 9 heterocycles. The van der Waals surface area contributed by atoms with Crippen molar-refractivity contribution in [2.75, 3.05) is 6.54 Å². The van der Waals surface area contributed by atoms with E-state index in [0.717, 1.165) is 45.3 Å². The van der Waals surface area contributed by atoms with Gasteiger partial charge in [-0.2, -0.15) is 5.48 Å². The van der Waals surface area contributed by atoms with Gasteiger partial charge in [-0.1, -0.05) is 49.4 Å². The van der Waals surface area contributed by atoms with Crippen molar-refractivity contribution in [3.63, 3.8) is 0 Å². The van der Waals surface area contributed by atoms with Crippen LogP contribution in [-0.2, 0) is 20.8 Å². The molecule has 7 aromatic heterocycles. The minimum Gasteiger partial charge on any atom is -0.508 e. The number of hydrogen-bond donors (Lipinski definition) is 9. The fourth-order valence-electron chi connectivity index (χ4n) is 9.54. The van der Waals surface area contributed by atoms with Crippen LogP contribution in [0.4, 0.5) is 4.79 Å².